The summed E-state index contributed by atoms with van der Waals surface area (Å²) in [6, 6.07) is 9.09. The molecule has 0 radical (unpaired) electrons. The van der Waals surface area contributed by atoms with Gasteiger partial charge in [-0.2, -0.15) is 0 Å². The number of rotatable bonds is 3. The van der Waals surface area contributed by atoms with Crippen molar-refractivity contribution < 1.29 is 15.3 Å². The van der Waals surface area contributed by atoms with Crippen LogP contribution < -0.4 is 0 Å². The van der Waals surface area contributed by atoms with Crippen LogP contribution >= 0.6 is 0 Å². The van der Waals surface area contributed by atoms with Gasteiger partial charge in [0.25, 0.3) is 0 Å². The van der Waals surface area contributed by atoms with Crippen LogP contribution in [0, 0.1) is 0 Å². The van der Waals surface area contributed by atoms with Crippen molar-refractivity contribution in [2.45, 2.75) is 6.10 Å². The van der Waals surface area contributed by atoms with E-state index in [1.54, 1.807) is 12.1 Å². The molecule has 1 aromatic carbocycles. The van der Waals surface area contributed by atoms with Gasteiger partial charge in [-0.05, 0) is 11.6 Å². The van der Waals surface area contributed by atoms with Crippen molar-refractivity contribution in [2.75, 3.05) is 6.61 Å². The van der Waals surface area contributed by atoms with Gasteiger partial charge in [-0.3, -0.25) is 0 Å². The third kappa shape index (κ3) is 2.89. The molecule has 0 heterocycles. The van der Waals surface area contributed by atoms with Crippen molar-refractivity contribution in [3.05, 3.63) is 41.7 Å². The summed E-state index contributed by atoms with van der Waals surface area (Å²) in [5.41, 5.74) is 0.785. The lowest BCUT2D eigenvalue weighted by Crippen LogP contribution is -2.14. The first kappa shape index (κ1) is 9.77. The lowest BCUT2D eigenvalue weighted by Gasteiger charge is -2.05. The minimum Gasteiger partial charge on any atom is -0.509 e. The standard InChI is InChI=1S/C10H12O3/c11-7-10(13)9(12)6-8-4-2-1-3-5-8/h1-6,10-13H,7H2. The summed E-state index contributed by atoms with van der Waals surface area (Å²) in [4.78, 5) is 0. The highest BCUT2D eigenvalue weighted by atomic mass is 16.3. The highest BCUT2D eigenvalue weighted by Gasteiger charge is 2.06. The van der Waals surface area contributed by atoms with Gasteiger partial charge in [-0.1, -0.05) is 30.3 Å². The minimum atomic E-state index is -1.19. The zero-order valence-electron chi connectivity index (χ0n) is 7.09. The van der Waals surface area contributed by atoms with Gasteiger partial charge in [0.05, 0.1) is 6.61 Å². The van der Waals surface area contributed by atoms with Crippen molar-refractivity contribution in [3.8, 4) is 0 Å². The van der Waals surface area contributed by atoms with Crippen molar-refractivity contribution >= 4 is 6.08 Å². The van der Waals surface area contributed by atoms with Crippen LogP contribution in [-0.4, -0.2) is 28.0 Å². The van der Waals surface area contributed by atoms with Gasteiger partial charge in [-0.25, -0.2) is 0 Å². The molecule has 0 aromatic heterocycles. The fourth-order valence-electron chi connectivity index (χ4n) is 0.910. The van der Waals surface area contributed by atoms with E-state index >= 15 is 0 Å². The number of aliphatic hydroxyl groups is 3. The molecule has 0 saturated carbocycles. The maximum atomic E-state index is 9.22. The largest absolute Gasteiger partial charge is 0.509 e. The smallest absolute Gasteiger partial charge is 0.134 e. The molecule has 1 aromatic rings. The van der Waals surface area contributed by atoms with E-state index in [4.69, 9.17) is 10.2 Å². The van der Waals surface area contributed by atoms with Crippen LogP contribution in [0.3, 0.4) is 0 Å². The Morgan fingerprint density at radius 2 is 1.92 bits per heavy atom. The molecule has 0 aliphatic heterocycles. The van der Waals surface area contributed by atoms with Crippen LogP contribution in [0.25, 0.3) is 6.08 Å². The van der Waals surface area contributed by atoms with Crippen molar-refractivity contribution in [3.63, 3.8) is 0 Å². The van der Waals surface area contributed by atoms with Crippen LogP contribution in [-0.2, 0) is 0 Å². The quantitative estimate of drug-likeness (QED) is 0.606. The molecule has 1 atom stereocenters. The van der Waals surface area contributed by atoms with E-state index in [1.807, 2.05) is 18.2 Å². The average Bonchev–Trinajstić information content (AvgIpc) is 2.18. The molecular weight excluding hydrogens is 168 g/mol. The molecule has 0 aliphatic carbocycles. The summed E-state index contributed by atoms with van der Waals surface area (Å²) in [6.45, 7) is -0.477. The Kier molecular flexibility index (Phi) is 3.49. The van der Waals surface area contributed by atoms with Crippen LogP contribution in [0.4, 0.5) is 0 Å². The van der Waals surface area contributed by atoms with E-state index in [9.17, 15) is 5.11 Å². The summed E-state index contributed by atoms with van der Waals surface area (Å²) >= 11 is 0. The second kappa shape index (κ2) is 4.64. The summed E-state index contributed by atoms with van der Waals surface area (Å²) in [5.74, 6) is -0.228. The van der Waals surface area contributed by atoms with E-state index in [2.05, 4.69) is 0 Å². The van der Waals surface area contributed by atoms with Gasteiger partial charge in [0.2, 0.25) is 0 Å². The molecule has 0 saturated heterocycles. The molecule has 0 bridgehead atoms. The molecule has 3 N–H and O–H groups in total. The Morgan fingerprint density at radius 3 is 2.46 bits per heavy atom. The third-order valence-corrected chi connectivity index (χ3v) is 1.63. The SMILES string of the molecule is OCC(O)C(O)=Cc1ccccc1. The minimum absolute atomic E-state index is 0.228. The van der Waals surface area contributed by atoms with Crippen molar-refractivity contribution in [1.29, 1.82) is 0 Å². The molecule has 1 unspecified atom stereocenters. The Bertz CT molecular complexity index is 279. The molecule has 0 fully saturated rings. The fraction of sp³-hybridized carbons (Fsp3) is 0.200. The summed E-state index contributed by atoms with van der Waals surface area (Å²) in [6.07, 6.45) is 0.223. The van der Waals surface area contributed by atoms with Crippen molar-refractivity contribution in [1.82, 2.24) is 0 Å². The van der Waals surface area contributed by atoms with Gasteiger partial charge >= 0.3 is 0 Å². The van der Waals surface area contributed by atoms with E-state index in [0.29, 0.717) is 0 Å². The molecule has 13 heavy (non-hydrogen) atoms. The normalized spacial score (nSPS) is 14.2. The Morgan fingerprint density at radius 1 is 1.31 bits per heavy atom. The Balaban J connectivity index is 2.77. The van der Waals surface area contributed by atoms with Crippen LogP contribution in [0.2, 0.25) is 0 Å². The first-order valence-electron chi connectivity index (χ1n) is 3.98. The lowest BCUT2D eigenvalue weighted by molar-refractivity contribution is 0.0888. The maximum absolute atomic E-state index is 9.22. The molecule has 0 aliphatic rings. The lowest BCUT2D eigenvalue weighted by atomic mass is 10.2. The van der Waals surface area contributed by atoms with Gasteiger partial charge in [0, 0.05) is 0 Å². The van der Waals surface area contributed by atoms with Crippen LogP contribution in [0.1, 0.15) is 5.56 Å². The Hall–Kier alpha value is -1.32. The van der Waals surface area contributed by atoms with Gasteiger partial charge in [0.15, 0.2) is 0 Å². The second-order valence-electron chi connectivity index (χ2n) is 2.68. The summed E-state index contributed by atoms with van der Waals surface area (Å²) in [5, 5.41) is 26.8. The average molecular weight is 180 g/mol. The number of aliphatic hydroxyl groups excluding tert-OH is 3. The molecule has 70 valence electrons. The number of benzene rings is 1. The van der Waals surface area contributed by atoms with Crippen LogP contribution in [0.5, 0.6) is 0 Å². The van der Waals surface area contributed by atoms with E-state index in [-0.39, 0.29) is 5.76 Å². The van der Waals surface area contributed by atoms with Gasteiger partial charge in [-0.15, -0.1) is 0 Å². The number of hydrogen-bond acceptors (Lipinski definition) is 3. The predicted octanol–water partition coefficient (Wildman–Crippen LogP) is 0.939. The van der Waals surface area contributed by atoms with E-state index in [0.717, 1.165) is 5.56 Å². The number of hydrogen-bond donors (Lipinski definition) is 3. The van der Waals surface area contributed by atoms with E-state index < -0.39 is 12.7 Å². The van der Waals surface area contributed by atoms with Gasteiger partial charge in [0.1, 0.15) is 11.9 Å². The molecule has 0 spiro atoms. The second-order valence-corrected chi connectivity index (χ2v) is 2.68. The monoisotopic (exact) mass is 180 g/mol. The first-order valence-corrected chi connectivity index (χ1v) is 3.98. The van der Waals surface area contributed by atoms with Crippen molar-refractivity contribution in [2.24, 2.45) is 0 Å². The predicted molar refractivity (Wildman–Crippen MR) is 50.1 cm³/mol. The van der Waals surface area contributed by atoms with Crippen LogP contribution in [0.15, 0.2) is 36.1 Å². The van der Waals surface area contributed by atoms with Gasteiger partial charge < -0.3 is 15.3 Å². The molecule has 0 amide bonds. The Labute approximate surface area is 76.6 Å². The highest BCUT2D eigenvalue weighted by Crippen LogP contribution is 2.06. The highest BCUT2D eigenvalue weighted by molar-refractivity contribution is 5.51. The molecule has 3 heteroatoms. The topological polar surface area (TPSA) is 60.7 Å². The summed E-state index contributed by atoms with van der Waals surface area (Å²) in [7, 11) is 0. The maximum Gasteiger partial charge on any atom is 0.134 e. The first-order chi connectivity index (χ1) is 6.24. The molecule has 1 rings (SSSR count). The zero-order chi connectivity index (χ0) is 9.68. The fourth-order valence-corrected chi connectivity index (χ4v) is 0.910. The zero-order valence-corrected chi connectivity index (χ0v) is 7.09. The molecular formula is C10H12O3. The third-order valence-electron chi connectivity index (χ3n) is 1.63. The van der Waals surface area contributed by atoms with E-state index in [1.165, 1.54) is 6.08 Å². The summed E-state index contributed by atoms with van der Waals surface area (Å²) < 4.78 is 0. The molecule has 3 nitrogen and oxygen atoms in total.